The van der Waals surface area contributed by atoms with Crippen LogP contribution < -0.4 is 10.6 Å². The van der Waals surface area contributed by atoms with Gasteiger partial charge in [-0.25, -0.2) is 4.98 Å². The molecule has 1 aliphatic heterocycles. The molecule has 5 nitrogen and oxygen atoms in total. The van der Waals surface area contributed by atoms with Crippen molar-refractivity contribution in [3.63, 3.8) is 0 Å². The number of rotatable bonds is 6. The summed E-state index contributed by atoms with van der Waals surface area (Å²) in [6.07, 6.45) is 5.61. The van der Waals surface area contributed by atoms with Crippen LogP contribution in [-0.4, -0.2) is 42.0 Å². The minimum Gasteiger partial charge on any atom is -0.367 e. The van der Waals surface area contributed by atoms with Gasteiger partial charge in [0.05, 0.1) is 11.4 Å². The van der Waals surface area contributed by atoms with Gasteiger partial charge in [0.25, 0.3) is 5.91 Å². The van der Waals surface area contributed by atoms with E-state index in [9.17, 15) is 4.79 Å². The van der Waals surface area contributed by atoms with Gasteiger partial charge in [-0.3, -0.25) is 4.79 Å². The molecule has 2 heterocycles. The predicted octanol–water partition coefficient (Wildman–Crippen LogP) is 3.42. The largest absolute Gasteiger partial charge is 0.367 e. The molecule has 3 rings (SSSR count). The van der Waals surface area contributed by atoms with Gasteiger partial charge in [-0.15, -0.1) is 11.3 Å². The highest BCUT2D eigenvalue weighted by Crippen LogP contribution is 2.23. The second-order valence-corrected chi connectivity index (χ2v) is 6.94. The van der Waals surface area contributed by atoms with E-state index in [0.29, 0.717) is 5.69 Å². The number of nitrogens with zero attached hydrogens (tertiary/aromatic N) is 2. The number of aromatic nitrogens is 1. The number of amides is 1. The molecule has 1 amide bonds. The van der Waals surface area contributed by atoms with Gasteiger partial charge < -0.3 is 15.5 Å². The molecule has 1 fully saturated rings. The van der Waals surface area contributed by atoms with E-state index in [0.717, 1.165) is 48.1 Å². The van der Waals surface area contributed by atoms with Crippen LogP contribution in [0, 0.1) is 0 Å². The maximum absolute atomic E-state index is 12.8. The van der Waals surface area contributed by atoms with Gasteiger partial charge in [0.15, 0.2) is 0 Å². The minimum absolute atomic E-state index is 0.202. The number of hydrogen-bond acceptors (Lipinski definition) is 5. The highest BCUT2D eigenvalue weighted by Gasteiger charge is 2.19. The third kappa shape index (κ3) is 4.72. The summed E-state index contributed by atoms with van der Waals surface area (Å²) in [7, 11) is 0. The summed E-state index contributed by atoms with van der Waals surface area (Å²) >= 11 is 1.47. The Kier molecular flexibility index (Phi) is 6.57. The fourth-order valence-corrected chi connectivity index (χ4v) is 3.75. The van der Waals surface area contributed by atoms with Gasteiger partial charge in [-0.1, -0.05) is 49.1 Å². The molecule has 0 radical (unpaired) electrons. The Balaban J connectivity index is 1.76. The van der Waals surface area contributed by atoms with Crippen molar-refractivity contribution >= 4 is 17.2 Å². The molecule has 140 valence electrons. The fourth-order valence-electron chi connectivity index (χ4n) is 2.94. The van der Waals surface area contributed by atoms with Crippen LogP contribution in [0.5, 0.6) is 0 Å². The third-order valence-corrected chi connectivity index (χ3v) is 5.20. The van der Waals surface area contributed by atoms with Crippen molar-refractivity contribution in [2.24, 2.45) is 0 Å². The van der Waals surface area contributed by atoms with Gasteiger partial charge in [0.2, 0.25) is 0 Å². The second kappa shape index (κ2) is 9.30. The van der Waals surface area contributed by atoms with Crippen LogP contribution in [0.25, 0.3) is 10.6 Å². The van der Waals surface area contributed by atoms with E-state index >= 15 is 0 Å². The van der Waals surface area contributed by atoms with Gasteiger partial charge in [-0.2, -0.15) is 0 Å². The Morgan fingerprint density at radius 3 is 2.70 bits per heavy atom. The minimum atomic E-state index is -0.202. The number of piperazine rings is 1. The predicted molar refractivity (Wildman–Crippen MR) is 111 cm³/mol. The van der Waals surface area contributed by atoms with Crippen LogP contribution >= 0.6 is 11.3 Å². The number of benzene rings is 1. The molecule has 0 aliphatic carbocycles. The normalized spacial score (nSPS) is 15.5. The van der Waals surface area contributed by atoms with Crippen molar-refractivity contribution in [2.75, 3.05) is 26.2 Å². The number of thiazole rings is 1. The molecule has 0 spiro atoms. The molecule has 1 aliphatic rings. The Labute approximate surface area is 164 Å². The number of carbonyl (C=O) groups is 1. The van der Waals surface area contributed by atoms with E-state index in [1.807, 2.05) is 49.4 Å². The van der Waals surface area contributed by atoms with Crippen LogP contribution in [0.3, 0.4) is 0 Å². The molecule has 1 aromatic heterocycles. The van der Waals surface area contributed by atoms with Crippen molar-refractivity contribution < 1.29 is 4.79 Å². The number of allylic oxidation sites excluding steroid dienone is 3. The lowest BCUT2D eigenvalue weighted by atomic mass is 10.2. The quantitative estimate of drug-likeness (QED) is 0.754. The molecule has 27 heavy (non-hydrogen) atoms. The highest BCUT2D eigenvalue weighted by molar-refractivity contribution is 7.13. The Hall–Kier alpha value is -2.70. The zero-order chi connectivity index (χ0) is 19.1. The second-order valence-electron chi connectivity index (χ2n) is 6.09. The van der Waals surface area contributed by atoms with Crippen LogP contribution in [0.2, 0.25) is 0 Å². The van der Waals surface area contributed by atoms with Gasteiger partial charge >= 0.3 is 0 Å². The van der Waals surface area contributed by atoms with E-state index in [2.05, 4.69) is 27.1 Å². The first-order chi connectivity index (χ1) is 13.2. The monoisotopic (exact) mass is 380 g/mol. The van der Waals surface area contributed by atoms with Crippen LogP contribution in [0.1, 0.15) is 17.4 Å². The first-order valence-corrected chi connectivity index (χ1v) is 9.88. The van der Waals surface area contributed by atoms with E-state index in [1.54, 1.807) is 11.5 Å². The van der Waals surface area contributed by atoms with Crippen LogP contribution in [-0.2, 0) is 0 Å². The summed E-state index contributed by atoms with van der Waals surface area (Å²) in [6.45, 7) is 9.37. The van der Waals surface area contributed by atoms with Gasteiger partial charge in [-0.05, 0) is 13.0 Å². The summed E-state index contributed by atoms with van der Waals surface area (Å²) in [5.41, 5.74) is 3.19. The van der Waals surface area contributed by atoms with Crippen molar-refractivity contribution in [1.29, 1.82) is 0 Å². The molecule has 6 heteroatoms. The molecular weight excluding hydrogens is 356 g/mol. The zero-order valence-corrected chi connectivity index (χ0v) is 16.3. The van der Waals surface area contributed by atoms with E-state index < -0.39 is 0 Å². The average Bonchev–Trinajstić information content (AvgIpc) is 3.22. The summed E-state index contributed by atoms with van der Waals surface area (Å²) in [5.74, 6) is -0.202. The molecule has 0 atom stereocenters. The van der Waals surface area contributed by atoms with E-state index in [4.69, 9.17) is 0 Å². The first kappa shape index (κ1) is 19.1. The Bertz CT molecular complexity index is 848. The SMILES string of the molecule is C=C/C=C(\C(=C/C)NC(=O)c1csc(-c2ccccc2)n1)N1CCNCC1. The molecule has 2 aromatic rings. The lowest BCUT2D eigenvalue weighted by Crippen LogP contribution is -2.44. The van der Waals surface area contributed by atoms with Crippen molar-refractivity contribution in [1.82, 2.24) is 20.5 Å². The van der Waals surface area contributed by atoms with Gasteiger partial charge in [0, 0.05) is 37.1 Å². The summed E-state index contributed by atoms with van der Waals surface area (Å²) in [6, 6.07) is 9.88. The molecule has 0 saturated carbocycles. The lowest BCUT2D eigenvalue weighted by Gasteiger charge is -2.32. The smallest absolute Gasteiger partial charge is 0.275 e. The van der Waals surface area contributed by atoms with E-state index in [-0.39, 0.29) is 5.91 Å². The average molecular weight is 381 g/mol. The zero-order valence-electron chi connectivity index (χ0n) is 15.4. The first-order valence-electron chi connectivity index (χ1n) is 9.00. The molecule has 2 N–H and O–H groups in total. The highest BCUT2D eigenvalue weighted by atomic mass is 32.1. The van der Waals surface area contributed by atoms with Crippen molar-refractivity contribution in [3.8, 4) is 10.6 Å². The molecule has 0 unspecified atom stereocenters. The number of hydrogen-bond donors (Lipinski definition) is 2. The summed E-state index contributed by atoms with van der Waals surface area (Å²) in [4.78, 5) is 19.5. The Morgan fingerprint density at radius 2 is 2.04 bits per heavy atom. The molecular formula is C21H24N4OS. The summed E-state index contributed by atoms with van der Waals surface area (Å²) in [5, 5.41) is 9.00. The number of carbonyl (C=O) groups excluding carboxylic acids is 1. The maximum Gasteiger partial charge on any atom is 0.275 e. The standard InChI is InChI=1S/C21H24N4OS/c1-3-8-19(25-13-11-22-12-14-25)17(4-2)23-20(26)18-15-27-21(24-18)16-9-6-5-7-10-16/h3-10,15,22H,1,11-14H2,2H3,(H,23,26)/b17-4+,19-8+. The fraction of sp³-hybridized carbons (Fsp3) is 0.238. The maximum atomic E-state index is 12.8. The molecule has 1 aromatic carbocycles. The van der Waals surface area contributed by atoms with Crippen molar-refractivity contribution in [2.45, 2.75) is 6.92 Å². The van der Waals surface area contributed by atoms with Crippen molar-refractivity contribution in [3.05, 3.63) is 77.6 Å². The number of nitrogens with one attached hydrogen (secondary N) is 2. The van der Waals surface area contributed by atoms with E-state index in [1.165, 1.54) is 11.3 Å². The lowest BCUT2D eigenvalue weighted by molar-refractivity contribution is 0.0960. The summed E-state index contributed by atoms with van der Waals surface area (Å²) < 4.78 is 0. The third-order valence-electron chi connectivity index (χ3n) is 4.30. The topological polar surface area (TPSA) is 57.3 Å². The van der Waals surface area contributed by atoms with Crippen LogP contribution in [0.15, 0.2) is 71.9 Å². The Morgan fingerprint density at radius 1 is 1.30 bits per heavy atom. The molecule has 1 saturated heterocycles. The van der Waals surface area contributed by atoms with Gasteiger partial charge in [0.1, 0.15) is 10.7 Å². The van der Waals surface area contributed by atoms with Crippen LogP contribution in [0.4, 0.5) is 0 Å². The molecule has 0 bridgehead atoms.